The van der Waals surface area contributed by atoms with Crippen LogP contribution in [0.25, 0.3) is 21.0 Å². The molecule has 4 aromatic rings. The monoisotopic (exact) mass is 348 g/mol. The van der Waals surface area contributed by atoms with E-state index in [4.69, 9.17) is 0 Å². The Morgan fingerprint density at radius 2 is 1.17 bits per heavy atom. The average Bonchev–Trinajstić information content (AvgIpc) is 3.30. The Morgan fingerprint density at radius 1 is 0.625 bits per heavy atom. The summed E-state index contributed by atoms with van der Waals surface area (Å²) in [7, 11) is 1.71. The molecule has 0 spiro atoms. The number of hydrogen-bond donors (Lipinski definition) is 0. The third kappa shape index (κ3) is 2.28. The number of benzene rings is 2. The molecule has 5 rings (SSSR count). The van der Waals surface area contributed by atoms with Gasteiger partial charge in [-0.15, -0.1) is 16.4 Å². The largest absolute Gasteiger partial charge is 0.132 e. The van der Waals surface area contributed by atoms with E-state index in [1.165, 1.54) is 53.1 Å². The normalized spacial score (nSPS) is 18.2. The van der Waals surface area contributed by atoms with Crippen LogP contribution in [0.1, 0.15) is 43.2 Å². The SMILES string of the molecule is c1cc2cc(C3(c4ccc5[pH]ccc5c4)CCCCC3)ccc2[pH]1. The van der Waals surface area contributed by atoms with Crippen LogP contribution in [0.4, 0.5) is 0 Å². The first-order valence-electron chi connectivity index (χ1n) is 9.00. The van der Waals surface area contributed by atoms with Crippen molar-refractivity contribution < 1.29 is 0 Å². The fourth-order valence-corrected chi connectivity index (χ4v) is 6.49. The molecule has 2 heteroatoms. The zero-order valence-electron chi connectivity index (χ0n) is 13.8. The molecule has 0 N–H and O–H groups in total. The molecule has 1 fully saturated rings. The van der Waals surface area contributed by atoms with E-state index in [0.29, 0.717) is 0 Å². The van der Waals surface area contributed by atoms with Gasteiger partial charge in [0.2, 0.25) is 0 Å². The Kier molecular flexibility index (Phi) is 3.58. The lowest BCUT2D eigenvalue weighted by atomic mass is 9.65. The maximum absolute atomic E-state index is 2.49. The zero-order valence-corrected chi connectivity index (χ0v) is 15.8. The number of fused-ring (bicyclic) bond motifs is 2. The Bertz CT molecular complexity index is 923. The predicted molar refractivity (Wildman–Crippen MR) is 111 cm³/mol. The highest BCUT2D eigenvalue weighted by molar-refractivity contribution is 7.36. The van der Waals surface area contributed by atoms with Crippen LogP contribution in [0.2, 0.25) is 0 Å². The zero-order chi connectivity index (χ0) is 16.0. The van der Waals surface area contributed by atoms with Crippen molar-refractivity contribution in [1.29, 1.82) is 0 Å². The first-order valence-corrected chi connectivity index (χ1v) is 11.2. The van der Waals surface area contributed by atoms with E-state index in [9.17, 15) is 0 Å². The maximum Gasteiger partial charge on any atom is 0.0203 e. The van der Waals surface area contributed by atoms with Crippen LogP contribution in [0, 0.1) is 0 Å². The van der Waals surface area contributed by atoms with Crippen LogP contribution < -0.4 is 0 Å². The van der Waals surface area contributed by atoms with Gasteiger partial charge < -0.3 is 0 Å². The maximum atomic E-state index is 2.49. The van der Waals surface area contributed by atoms with Crippen molar-refractivity contribution in [1.82, 2.24) is 0 Å². The van der Waals surface area contributed by atoms with Crippen LogP contribution in [0.15, 0.2) is 60.1 Å². The lowest BCUT2D eigenvalue weighted by Crippen LogP contribution is -2.30. The molecule has 2 aromatic carbocycles. The Hall–Kier alpha value is -1.48. The summed E-state index contributed by atoms with van der Waals surface area (Å²) in [5.41, 5.74) is 3.31. The quantitative estimate of drug-likeness (QED) is 0.356. The van der Waals surface area contributed by atoms with Gasteiger partial charge in [-0.3, -0.25) is 0 Å². The first-order chi connectivity index (χ1) is 11.9. The molecule has 1 aliphatic rings. The molecule has 0 saturated heterocycles. The molecule has 2 aromatic heterocycles. The van der Waals surface area contributed by atoms with Crippen LogP contribution in [0.5, 0.6) is 0 Å². The summed E-state index contributed by atoms with van der Waals surface area (Å²) >= 11 is 0. The van der Waals surface area contributed by atoms with Crippen molar-refractivity contribution in [3.8, 4) is 0 Å². The van der Waals surface area contributed by atoms with Gasteiger partial charge in [0.05, 0.1) is 0 Å². The second kappa shape index (κ2) is 5.80. The molecule has 0 amide bonds. The van der Waals surface area contributed by atoms with Gasteiger partial charge in [-0.1, -0.05) is 55.7 Å². The summed E-state index contributed by atoms with van der Waals surface area (Å²) < 4.78 is 0. The van der Waals surface area contributed by atoms with E-state index in [1.807, 2.05) is 0 Å². The Labute approximate surface area is 146 Å². The second-order valence-corrected chi connectivity index (χ2v) is 9.52. The van der Waals surface area contributed by atoms with E-state index >= 15 is 0 Å². The third-order valence-electron chi connectivity index (χ3n) is 5.92. The van der Waals surface area contributed by atoms with Crippen LogP contribution >= 0.6 is 16.4 Å². The smallest absolute Gasteiger partial charge is 0.0203 e. The fourth-order valence-electron chi connectivity index (χ4n) is 4.60. The topological polar surface area (TPSA) is 0 Å². The van der Waals surface area contributed by atoms with Gasteiger partial charge in [-0.25, -0.2) is 0 Å². The molecule has 2 unspecified atom stereocenters. The molecule has 120 valence electrons. The van der Waals surface area contributed by atoms with Gasteiger partial charge in [0.1, 0.15) is 0 Å². The third-order valence-corrected chi connectivity index (χ3v) is 8.12. The van der Waals surface area contributed by atoms with E-state index in [1.54, 1.807) is 11.1 Å². The van der Waals surface area contributed by atoms with Gasteiger partial charge in [0.15, 0.2) is 0 Å². The van der Waals surface area contributed by atoms with Crippen molar-refractivity contribution >= 4 is 37.4 Å². The van der Waals surface area contributed by atoms with Crippen LogP contribution in [-0.4, -0.2) is 0 Å². The van der Waals surface area contributed by atoms with Gasteiger partial charge in [-0.05, 0) is 68.7 Å². The molecular formula is C22H22P2. The van der Waals surface area contributed by atoms with Crippen molar-refractivity contribution in [3.63, 3.8) is 0 Å². The summed E-state index contributed by atoms with van der Waals surface area (Å²) in [5, 5.41) is 5.95. The Balaban J connectivity index is 1.72. The van der Waals surface area contributed by atoms with Crippen molar-refractivity contribution in [3.05, 3.63) is 71.3 Å². The summed E-state index contributed by atoms with van der Waals surface area (Å²) in [6.45, 7) is 0. The number of rotatable bonds is 2. The molecule has 0 aliphatic heterocycles. The molecule has 0 bridgehead atoms. The predicted octanol–water partition coefficient (Wildman–Crippen LogP) is 7.31. The standard InChI is InChI=1S/C22H22P2/c1-2-10-22(11-3-1,18-4-6-20-16(14-18)8-12-23-20)19-5-7-21-17(15-19)9-13-24-21/h4-9,12-15,23-24H,1-3,10-11H2. The summed E-state index contributed by atoms with van der Waals surface area (Å²) in [5.74, 6) is 4.65. The molecule has 0 radical (unpaired) electrons. The van der Waals surface area contributed by atoms with Crippen LogP contribution in [0.3, 0.4) is 0 Å². The fraction of sp³-hybridized carbons (Fsp3) is 0.273. The van der Waals surface area contributed by atoms with Crippen LogP contribution in [-0.2, 0) is 5.41 Å². The highest BCUT2D eigenvalue weighted by Crippen LogP contribution is 2.47. The highest BCUT2D eigenvalue weighted by Gasteiger charge is 2.35. The lowest BCUT2D eigenvalue weighted by molar-refractivity contribution is 0.346. The highest BCUT2D eigenvalue weighted by atomic mass is 31.0. The van der Waals surface area contributed by atoms with Gasteiger partial charge in [0.25, 0.3) is 0 Å². The van der Waals surface area contributed by atoms with E-state index < -0.39 is 0 Å². The van der Waals surface area contributed by atoms with E-state index in [2.05, 4.69) is 60.1 Å². The Morgan fingerprint density at radius 3 is 1.71 bits per heavy atom. The second-order valence-electron chi connectivity index (χ2n) is 7.20. The summed E-state index contributed by atoms with van der Waals surface area (Å²) in [6.07, 6.45) is 6.68. The number of hydrogen-bond acceptors (Lipinski definition) is 0. The van der Waals surface area contributed by atoms with Crippen molar-refractivity contribution in [2.24, 2.45) is 0 Å². The minimum atomic E-state index is 0.224. The summed E-state index contributed by atoms with van der Waals surface area (Å²) in [6, 6.07) is 19.2. The lowest BCUT2D eigenvalue weighted by Gasteiger charge is -2.39. The minimum absolute atomic E-state index is 0.224. The van der Waals surface area contributed by atoms with Gasteiger partial charge in [0, 0.05) is 5.41 Å². The summed E-state index contributed by atoms with van der Waals surface area (Å²) in [4.78, 5) is 0. The van der Waals surface area contributed by atoms with E-state index in [-0.39, 0.29) is 5.41 Å². The minimum Gasteiger partial charge on any atom is -0.132 e. The molecule has 0 nitrogen and oxygen atoms in total. The molecule has 24 heavy (non-hydrogen) atoms. The molecule has 2 atom stereocenters. The van der Waals surface area contributed by atoms with Crippen molar-refractivity contribution in [2.75, 3.05) is 0 Å². The molecule has 1 aliphatic carbocycles. The average molecular weight is 348 g/mol. The van der Waals surface area contributed by atoms with Gasteiger partial charge in [-0.2, -0.15) is 0 Å². The first kappa shape index (κ1) is 14.8. The van der Waals surface area contributed by atoms with Crippen molar-refractivity contribution in [2.45, 2.75) is 37.5 Å². The molecule has 1 saturated carbocycles. The molecular weight excluding hydrogens is 326 g/mol. The molecule has 2 heterocycles. The van der Waals surface area contributed by atoms with Gasteiger partial charge >= 0.3 is 0 Å². The van der Waals surface area contributed by atoms with E-state index in [0.717, 1.165) is 16.4 Å².